The molecule has 0 heterocycles. The molecule has 0 radical (unpaired) electrons. The zero-order chi connectivity index (χ0) is 13.5. The van der Waals surface area contributed by atoms with Crippen LogP contribution in [0.1, 0.15) is 44.0 Å². The first-order valence-corrected chi connectivity index (χ1v) is 6.85. The van der Waals surface area contributed by atoms with Gasteiger partial charge in [-0.1, -0.05) is 50.6 Å². The lowest BCUT2D eigenvalue weighted by molar-refractivity contribution is 0.0888. The lowest BCUT2D eigenvalue weighted by atomic mass is 9.98. The van der Waals surface area contributed by atoms with E-state index in [1.807, 2.05) is 37.3 Å². The summed E-state index contributed by atoms with van der Waals surface area (Å²) in [5.41, 5.74) is 0.821. The predicted octanol–water partition coefficient (Wildman–Crippen LogP) is 3.63. The van der Waals surface area contributed by atoms with E-state index < -0.39 is 0 Å². The number of carbonyl (C=O) groups excluding carboxylic acids is 1. The summed E-state index contributed by atoms with van der Waals surface area (Å²) in [7, 11) is 2.11. The Labute approximate surface area is 111 Å². The Kier molecular flexibility index (Phi) is 6.06. The summed E-state index contributed by atoms with van der Waals surface area (Å²) in [6.07, 6.45) is 2.37. The number of carbonyl (C=O) groups is 1. The molecule has 0 saturated carbocycles. The predicted molar refractivity (Wildman–Crippen MR) is 76.9 cm³/mol. The zero-order valence-corrected chi connectivity index (χ0v) is 12.0. The van der Waals surface area contributed by atoms with Gasteiger partial charge < -0.3 is 4.90 Å². The normalized spacial score (nSPS) is 14.5. The first-order chi connectivity index (χ1) is 8.56. The Balaban J connectivity index is 2.55. The first kappa shape index (κ1) is 14.9. The summed E-state index contributed by atoms with van der Waals surface area (Å²) in [6, 6.07) is 10.1. The lowest BCUT2D eigenvalue weighted by Crippen LogP contribution is -2.35. The number of nitrogens with zero attached hydrogens (tertiary/aromatic N) is 1. The van der Waals surface area contributed by atoms with Gasteiger partial charge in [-0.25, -0.2) is 0 Å². The summed E-state index contributed by atoms with van der Waals surface area (Å²) in [5.74, 6) is 0.294. The van der Waals surface area contributed by atoms with Crippen LogP contribution < -0.4 is 0 Å². The molecule has 2 unspecified atom stereocenters. The van der Waals surface area contributed by atoms with Crippen LogP contribution in [-0.4, -0.2) is 30.3 Å². The summed E-state index contributed by atoms with van der Waals surface area (Å²) in [6.45, 7) is 7.27. The zero-order valence-electron chi connectivity index (χ0n) is 12.0. The molecule has 2 heteroatoms. The van der Waals surface area contributed by atoms with Crippen LogP contribution in [0.15, 0.2) is 30.3 Å². The molecule has 1 rings (SSSR count). The van der Waals surface area contributed by atoms with Gasteiger partial charge in [0.15, 0.2) is 5.78 Å². The standard InChI is InChI=1S/C16H25NO/c1-5-9-14(3)17(4)12-13(2)16(18)15-10-7-6-8-11-15/h6-8,10-11,13-14H,5,9,12H2,1-4H3. The molecule has 2 nitrogen and oxygen atoms in total. The van der Waals surface area contributed by atoms with Crippen molar-refractivity contribution in [3.8, 4) is 0 Å². The van der Waals surface area contributed by atoms with Gasteiger partial charge >= 0.3 is 0 Å². The van der Waals surface area contributed by atoms with Gasteiger partial charge in [-0.05, 0) is 20.4 Å². The summed E-state index contributed by atoms with van der Waals surface area (Å²) in [5, 5.41) is 0. The highest BCUT2D eigenvalue weighted by Crippen LogP contribution is 2.12. The van der Waals surface area contributed by atoms with Crippen molar-refractivity contribution in [1.82, 2.24) is 4.90 Å². The fourth-order valence-corrected chi connectivity index (χ4v) is 2.22. The average Bonchev–Trinajstić information content (AvgIpc) is 2.39. The minimum Gasteiger partial charge on any atom is -0.303 e. The van der Waals surface area contributed by atoms with Crippen molar-refractivity contribution in [3.63, 3.8) is 0 Å². The monoisotopic (exact) mass is 247 g/mol. The van der Waals surface area contributed by atoms with Crippen molar-refractivity contribution < 1.29 is 4.79 Å². The van der Waals surface area contributed by atoms with Crippen molar-refractivity contribution in [2.45, 2.75) is 39.7 Å². The summed E-state index contributed by atoms with van der Waals surface area (Å²) in [4.78, 5) is 14.5. The number of hydrogen-bond donors (Lipinski definition) is 0. The van der Waals surface area contributed by atoms with E-state index >= 15 is 0 Å². The second-order valence-corrected chi connectivity index (χ2v) is 5.21. The molecule has 0 saturated heterocycles. The molecule has 1 aromatic carbocycles. The minimum atomic E-state index is 0.0525. The number of benzene rings is 1. The van der Waals surface area contributed by atoms with E-state index in [0.29, 0.717) is 6.04 Å². The van der Waals surface area contributed by atoms with Gasteiger partial charge in [-0.2, -0.15) is 0 Å². The van der Waals surface area contributed by atoms with E-state index in [1.54, 1.807) is 0 Å². The topological polar surface area (TPSA) is 20.3 Å². The number of hydrogen-bond acceptors (Lipinski definition) is 2. The molecule has 1 aromatic rings. The number of rotatable bonds is 7. The Hall–Kier alpha value is -1.15. The molecule has 0 fully saturated rings. The molecular formula is C16H25NO. The largest absolute Gasteiger partial charge is 0.303 e. The van der Waals surface area contributed by atoms with Crippen molar-refractivity contribution in [2.24, 2.45) is 5.92 Å². The van der Waals surface area contributed by atoms with Crippen LogP contribution in [0.5, 0.6) is 0 Å². The smallest absolute Gasteiger partial charge is 0.166 e. The Morgan fingerprint density at radius 2 is 1.83 bits per heavy atom. The van der Waals surface area contributed by atoms with E-state index in [0.717, 1.165) is 12.1 Å². The van der Waals surface area contributed by atoms with Crippen LogP contribution in [0.4, 0.5) is 0 Å². The van der Waals surface area contributed by atoms with Crippen LogP contribution >= 0.6 is 0 Å². The van der Waals surface area contributed by atoms with Crippen molar-refractivity contribution >= 4 is 5.78 Å². The molecular weight excluding hydrogens is 222 g/mol. The van der Waals surface area contributed by atoms with Crippen molar-refractivity contribution in [3.05, 3.63) is 35.9 Å². The Morgan fingerprint density at radius 3 is 2.39 bits per heavy atom. The molecule has 0 aliphatic rings. The minimum absolute atomic E-state index is 0.0525. The molecule has 0 aromatic heterocycles. The third-order valence-corrected chi connectivity index (χ3v) is 3.53. The van der Waals surface area contributed by atoms with Gasteiger partial charge in [-0.15, -0.1) is 0 Å². The highest BCUT2D eigenvalue weighted by atomic mass is 16.1. The fraction of sp³-hybridized carbons (Fsp3) is 0.562. The van der Waals surface area contributed by atoms with Crippen LogP contribution in [0, 0.1) is 5.92 Å². The lowest BCUT2D eigenvalue weighted by Gasteiger charge is -2.26. The average molecular weight is 247 g/mol. The molecule has 100 valence electrons. The van der Waals surface area contributed by atoms with Gasteiger partial charge in [-0.3, -0.25) is 4.79 Å². The molecule has 2 atom stereocenters. The summed E-state index contributed by atoms with van der Waals surface area (Å²) >= 11 is 0. The molecule has 0 bridgehead atoms. The van der Waals surface area contributed by atoms with Crippen molar-refractivity contribution in [2.75, 3.05) is 13.6 Å². The molecule has 0 amide bonds. The van der Waals surface area contributed by atoms with Gasteiger partial charge in [0, 0.05) is 24.1 Å². The van der Waals surface area contributed by atoms with Crippen LogP contribution in [0.2, 0.25) is 0 Å². The molecule has 18 heavy (non-hydrogen) atoms. The molecule has 0 aliphatic carbocycles. The Morgan fingerprint density at radius 1 is 1.22 bits per heavy atom. The third-order valence-electron chi connectivity index (χ3n) is 3.53. The highest BCUT2D eigenvalue weighted by molar-refractivity contribution is 5.97. The van der Waals surface area contributed by atoms with Gasteiger partial charge in [0.05, 0.1) is 0 Å². The van der Waals surface area contributed by atoms with Crippen LogP contribution in [0.3, 0.4) is 0 Å². The highest BCUT2D eigenvalue weighted by Gasteiger charge is 2.18. The SMILES string of the molecule is CCCC(C)N(C)CC(C)C(=O)c1ccccc1. The molecule has 0 N–H and O–H groups in total. The maximum absolute atomic E-state index is 12.2. The molecule has 0 aliphatic heterocycles. The van der Waals surface area contributed by atoms with Crippen LogP contribution in [0.25, 0.3) is 0 Å². The van der Waals surface area contributed by atoms with Crippen LogP contribution in [-0.2, 0) is 0 Å². The second-order valence-electron chi connectivity index (χ2n) is 5.21. The maximum atomic E-state index is 12.2. The van der Waals surface area contributed by atoms with Crippen molar-refractivity contribution in [1.29, 1.82) is 0 Å². The summed E-state index contributed by atoms with van der Waals surface area (Å²) < 4.78 is 0. The quantitative estimate of drug-likeness (QED) is 0.686. The van der Waals surface area contributed by atoms with E-state index in [1.165, 1.54) is 12.8 Å². The first-order valence-electron chi connectivity index (χ1n) is 6.85. The molecule has 0 spiro atoms. The number of ketones is 1. The van der Waals surface area contributed by atoms with E-state index in [4.69, 9.17) is 0 Å². The van der Waals surface area contributed by atoms with Gasteiger partial charge in [0.1, 0.15) is 0 Å². The Bertz CT molecular complexity index is 361. The van der Waals surface area contributed by atoms with Gasteiger partial charge in [0.2, 0.25) is 0 Å². The second kappa shape index (κ2) is 7.32. The third kappa shape index (κ3) is 4.26. The maximum Gasteiger partial charge on any atom is 0.166 e. The fourth-order valence-electron chi connectivity index (χ4n) is 2.22. The van der Waals surface area contributed by atoms with E-state index in [2.05, 4.69) is 25.8 Å². The van der Waals surface area contributed by atoms with E-state index in [9.17, 15) is 4.79 Å². The van der Waals surface area contributed by atoms with E-state index in [-0.39, 0.29) is 11.7 Å². The van der Waals surface area contributed by atoms with Gasteiger partial charge in [0.25, 0.3) is 0 Å². The number of Topliss-reactive ketones (excluding diaryl/α,β-unsaturated/α-hetero) is 1.